The average molecular weight is 676 g/mol. The molecule has 4 aromatic rings. The van der Waals surface area contributed by atoms with E-state index >= 15 is 0 Å². The van der Waals surface area contributed by atoms with Gasteiger partial charge in [-0.2, -0.15) is 0 Å². The highest BCUT2D eigenvalue weighted by atomic mass is 31.2. The summed E-state index contributed by atoms with van der Waals surface area (Å²) in [5.41, 5.74) is 2.32. The first-order valence-corrected chi connectivity index (χ1v) is 15.9. The number of aliphatic hydroxyl groups excluding tert-OH is 2. The van der Waals surface area contributed by atoms with Crippen molar-refractivity contribution in [3.63, 3.8) is 0 Å². The maximum absolute atomic E-state index is 14.9. The minimum Gasteiger partial charge on any atom is -0.386 e. The minimum atomic E-state index is -5.32. The van der Waals surface area contributed by atoms with Crippen molar-refractivity contribution >= 4 is 43.7 Å². The molecular formula is C21H23FN8O13P2. The van der Waals surface area contributed by atoms with Crippen LogP contribution in [0.2, 0.25) is 0 Å². The zero-order valence-electron chi connectivity index (χ0n) is 22.4. The van der Waals surface area contributed by atoms with E-state index in [1.54, 1.807) is 0 Å². The van der Waals surface area contributed by atoms with Gasteiger partial charge in [0.1, 0.15) is 47.8 Å². The first-order valence-electron chi connectivity index (χ1n) is 12.9. The van der Waals surface area contributed by atoms with Crippen LogP contribution in [0.25, 0.3) is 22.2 Å². The van der Waals surface area contributed by atoms with Crippen molar-refractivity contribution in [1.29, 1.82) is 0 Å². The number of nitrogens with zero attached hydrogens (tertiary/aromatic N) is 6. The Morgan fingerprint density at radius 3 is 2.62 bits per heavy atom. The van der Waals surface area contributed by atoms with Crippen LogP contribution >= 0.6 is 15.6 Å². The Hall–Kier alpha value is -3.24. The molecule has 0 radical (unpaired) electrons. The number of phosphoric acid groups is 2. The molecule has 3 fully saturated rings. The topological polar surface area (TPSA) is 291 Å². The Morgan fingerprint density at radius 1 is 1.07 bits per heavy atom. The van der Waals surface area contributed by atoms with Crippen molar-refractivity contribution in [2.45, 2.75) is 42.5 Å². The number of nitrogens with one attached hydrogen (secondary N) is 1. The van der Waals surface area contributed by atoms with Crippen molar-refractivity contribution in [2.24, 2.45) is 0 Å². The van der Waals surface area contributed by atoms with Crippen LogP contribution < -0.4 is 11.3 Å². The smallest absolute Gasteiger partial charge is 0.386 e. The molecule has 21 nitrogen and oxygen atoms in total. The van der Waals surface area contributed by atoms with Gasteiger partial charge in [-0.05, 0) is 0 Å². The number of hydrogen-bond acceptors (Lipinski definition) is 16. The fraction of sp³-hybridized carbons (Fsp3) is 0.476. The molecule has 7 rings (SSSR count). The number of nitrogen functional groups attached to an aromatic ring is 1. The number of phosphoric ester groups is 2. The van der Waals surface area contributed by atoms with Crippen LogP contribution in [-0.4, -0.2) is 104 Å². The predicted molar refractivity (Wildman–Crippen MR) is 141 cm³/mol. The van der Waals surface area contributed by atoms with Crippen molar-refractivity contribution < 1.29 is 61.1 Å². The van der Waals surface area contributed by atoms with E-state index in [0.717, 1.165) is 17.2 Å². The van der Waals surface area contributed by atoms with Crippen LogP contribution in [0.3, 0.4) is 0 Å². The Bertz CT molecular complexity index is 1960. The second-order valence-electron chi connectivity index (χ2n) is 10.2. The average Bonchev–Trinajstić information content (AvgIpc) is 3.72. The van der Waals surface area contributed by atoms with Gasteiger partial charge in [0, 0.05) is 6.20 Å². The van der Waals surface area contributed by atoms with Gasteiger partial charge in [0.2, 0.25) is 5.72 Å². The fourth-order valence-electron chi connectivity index (χ4n) is 5.50. The van der Waals surface area contributed by atoms with Crippen LogP contribution in [0, 0.1) is 5.82 Å². The SMILES string of the molecule is Nc1ncnc2c1ncn2[C@@H]1OC2COP(=O)(O)O[C@]3(n4cc(F)c5c(=O)[nH]cnc54)CO[C@H](COP(=O)(O)O[C@H]2[C@H]1O)[C@H]3O. The number of imidazole rings is 1. The molecule has 0 amide bonds. The highest BCUT2D eigenvalue weighted by Gasteiger charge is 2.58. The zero-order valence-corrected chi connectivity index (χ0v) is 24.2. The summed E-state index contributed by atoms with van der Waals surface area (Å²) in [6.07, 6.45) is -6.00. The summed E-state index contributed by atoms with van der Waals surface area (Å²) in [5, 5.41) is 21.9. The number of ether oxygens (including phenoxy) is 2. The van der Waals surface area contributed by atoms with Gasteiger partial charge in [0.25, 0.3) is 5.56 Å². The summed E-state index contributed by atoms with van der Waals surface area (Å²) in [4.78, 5) is 51.8. The molecule has 4 aromatic heterocycles. The first kappa shape index (κ1) is 30.4. The van der Waals surface area contributed by atoms with E-state index in [1.807, 2.05) is 0 Å². The quantitative estimate of drug-likeness (QED) is 0.133. The van der Waals surface area contributed by atoms with E-state index in [0.29, 0.717) is 6.20 Å². The monoisotopic (exact) mass is 676 g/mol. The number of anilines is 1. The number of fused-ring (bicyclic) bond motifs is 5. The third-order valence-corrected chi connectivity index (χ3v) is 9.58. The third kappa shape index (κ3) is 4.99. The Kier molecular flexibility index (Phi) is 7.20. The molecule has 0 spiro atoms. The Balaban J connectivity index is 1.26. The zero-order chi connectivity index (χ0) is 31.9. The summed E-state index contributed by atoms with van der Waals surface area (Å²) in [7, 11) is -10.4. The molecule has 3 saturated heterocycles. The molecule has 7 N–H and O–H groups in total. The maximum atomic E-state index is 14.9. The summed E-state index contributed by atoms with van der Waals surface area (Å²) >= 11 is 0. The van der Waals surface area contributed by atoms with E-state index in [1.165, 1.54) is 10.9 Å². The molecule has 9 atom stereocenters. The van der Waals surface area contributed by atoms with Crippen LogP contribution in [0.5, 0.6) is 0 Å². The van der Waals surface area contributed by atoms with Gasteiger partial charge in [0.15, 0.2) is 29.2 Å². The van der Waals surface area contributed by atoms with Gasteiger partial charge < -0.3 is 40.2 Å². The first-order chi connectivity index (χ1) is 21.3. The molecule has 45 heavy (non-hydrogen) atoms. The molecule has 0 aliphatic carbocycles. The lowest BCUT2D eigenvalue weighted by Crippen LogP contribution is -2.48. The van der Waals surface area contributed by atoms with Crippen molar-refractivity contribution in [1.82, 2.24) is 34.1 Å². The molecule has 24 heteroatoms. The van der Waals surface area contributed by atoms with E-state index in [-0.39, 0.29) is 17.0 Å². The number of aromatic nitrogens is 7. The van der Waals surface area contributed by atoms with Crippen molar-refractivity contribution in [3.05, 3.63) is 41.3 Å². The highest BCUT2D eigenvalue weighted by Crippen LogP contribution is 2.55. The molecule has 0 saturated carbocycles. The lowest BCUT2D eigenvalue weighted by Gasteiger charge is -2.34. The van der Waals surface area contributed by atoms with Crippen molar-refractivity contribution in [2.75, 3.05) is 25.6 Å². The number of H-pyrrole nitrogens is 1. The van der Waals surface area contributed by atoms with Crippen LogP contribution in [0.4, 0.5) is 10.2 Å². The van der Waals surface area contributed by atoms with Crippen LogP contribution in [0.1, 0.15) is 6.23 Å². The third-order valence-electron chi connectivity index (χ3n) is 7.57. The molecule has 7 heterocycles. The summed E-state index contributed by atoms with van der Waals surface area (Å²) < 4.78 is 75.6. The number of aromatic amines is 1. The van der Waals surface area contributed by atoms with Gasteiger partial charge in [0.05, 0.1) is 32.5 Å². The predicted octanol–water partition coefficient (Wildman–Crippen LogP) is -1.39. The van der Waals surface area contributed by atoms with E-state index < -0.39 is 100 Å². The molecule has 3 aliphatic heterocycles. The maximum Gasteiger partial charge on any atom is 0.474 e. The highest BCUT2D eigenvalue weighted by molar-refractivity contribution is 7.47. The molecule has 2 bridgehead atoms. The van der Waals surface area contributed by atoms with Crippen molar-refractivity contribution in [3.8, 4) is 0 Å². The summed E-state index contributed by atoms with van der Waals surface area (Å²) in [6.45, 7) is -2.55. The largest absolute Gasteiger partial charge is 0.474 e. The van der Waals surface area contributed by atoms with E-state index in [9.17, 15) is 38.3 Å². The van der Waals surface area contributed by atoms with Gasteiger partial charge in [-0.1, -0.05) is 0 Å². The number of halogens is 1. The number of rotatable bonds is 2. The lowest BCUT2D eigenvalue weighted by molar-refractivity contribution is -0.109. The Labute approximate surface area is 248 Å². The summed E-state index contributed by atoms with van der Waals surface area (Å²) in [6, 6.07) is 0. The molecular weight excluding hydrogens is 653 g/mol. The van der Waals surface area contributed by atoms with E-state index in [2.05, 4.69) is 24.9 Å². The van der Waals surface area contributed by atoms with E-state index in [4.69, 9.17) is 33.3 Å². The molecule has 0 aromatic carbocycles. The number of hydrogen-bond donors (Lipinski definition) is 6. The molecule has 3 aliphatic rings. The number of nitrogens with two attached hydrogens (primary N) is 1. The normalized spacial score (nSPS) is 37.7. The molecule has 3 unspecified atom stereocenters. The second-order valence-corrected chi connectivity index (χ2v) is 13.0. The summed E-state index contributed by atoms with van der Waals surface area (Å²) in [5.74, 6) is -1.10. The van der Waals surface area contributed by atoms with Crippen LogP contribution in [0.15, 0.2) is 30.0 Å². The fourth-order valence-corrected chi connectivity index (χ4v) is 7.50. The lowest BCUT2D eigenvalue weighted by atomic mass is 10.1. The van der Waals surface area contributed by atoms with Gasteiger partial charge in [-0.25, -0.2) is 33.5 Å². The molecule has 242 valence electrons. The van der Waals surface area contributed by atoms with Crippen LogP contribution in [-0.2, 0) is 42.4 Å². The van der Waals surface area contributed by atoms with Gasteiger partial charge in [-0.15, -0.1) is 0 Å². The van der Waals surface area contributed by atoms with Gasteiger partial charge >= 0.3 is 15.6 Å². The van der Waals surface area contributed by atoms with Gasteiger partial charge in [-0.3, -0.25) is 32.0 Å². The minimum absolute atomic E-state index is 0.0168. The second kappa shape index (κ2) is 10.7. The Morgan fingerprint density at radius 2 is 1.82 bits per heavy atom. The standard InChI is InChI=1S/C21H23FN8O13P2/c22-8-1-30(17-11(8)19(33)27-6-25-17)21-4-38-10(15(21)32)3-39-44(34,35)42-14-9(2-40-45(36,37)43-21)41-20(13(14)31)29-7-28-12-16(23)24-5-26-18(12)29/h1,5-7,9-10,13-15,20,31-32H,2-4H2,(H,34,35)(H,36,37)(H2,23,24,26)(H,25,27,33)/t9?,10-,13-,14-,15-,20-,21-/m1/s1. The number of aliphatic hydroxyl groups is 2.